The zero-order chi connectivity index (χ0) is 15.4. The van der Waals surface area contributed by atoms with Crippen molar-refractivity contribution in [2.45, 2.75) is 52.3 Å². The number of hydrogen-bond donors (Lipinski definition) is 1. The number of ether oxygens (including phenoxy) is 1. The second-order valence-electron chi connectivity index (χ2n) is 5.82. The smallest absolute Gasteiger partial charge is 0.146 e. The third-order valence-electron chi connectivity index (χ3n) is 4.22. The third kappa shape index (κ3) is 3.55. The maximum atomic E-state index is 14.6. The van der Waals surface area contributed by atoms with Crippen LogP contribution in [0, 0.1) is 5.82 Å². The van der Waals surface area contributed by atoms with Crippen molar-refractivity contribution in [3.8, 4) is 0 Å². The number of anilines is 1. The van der Waals surface area contributed by atoms with Gasteiger partial charge in [0.1, 0.15) is 5.82 Å². The summed E-state index contributed by atoms with van der Waals surface area (Å²) in [4.78, 5) is 2.20. The SMILES string of the molecule is CCNC(C)c1cccc(F)c1N1CC(C)OCC1CC. The molecular weight excluding hydrogens is 267 g/mol. The van der Waals surface area contributed by atoms with E-state index in [1.165, 1.54) is 0 Å². The molecule has 0 spiro atoms. The van der Waals surface area contributed by atoms with E-state index in [0.717, 1.165) is 30.8 Å². The molecule has 3 atom stereocenters. The fourth-order valence-electron chi connectivity index (χ4n) is 3.06. The molecule has 3 nitrogen and oxygen atoms in total. The third-order valence-corrected chi connectivity index (χ3v) is 4.22. The van der Waals surface area contributed by atoms with Crippen molar-refractivity contribution in [3.63, 3.8) is 0 Å². The van der Waals surface area contributed by atoms with E-state index in [1.54, 1.807) is 12.1 Å². The Morgan fingerprint density at radius 3 is 2.86 bits per heavy atom. The number of nitrogens with one attached hydrogen (secondary N) is 1. The molecule has 1 aliphatic rings. The molecule has 0 bridgehead atoms. The Labute approximate surface area is 127 Å². The van der Waals surface area contributed by atoms with Crippen LogP contribution in [0.2, 0.25) is 0 Å². The Bertz CT molecular complexity index is 466. The molecule has 1 aromatic rings. The van der Waals surface area contributed by atoms with E-state index in [2.05, 4.69) is 31.0 Å². The topological polar surface area (TPSA) is 24.5 Å². The van der Waals surface area contributed by atoms with Gasteiger partial charge in [-0.05, 0) is 38.4 Å². The zero-order valence-electron chi connectivity index (χ0n) is 13.5. The average Bonchev–Trinajstić information content (AvgIpc) is 2.47. The summed E-state index contributed by atoms with van der Waals surface area (Å²) >= 11 is 0. The van der Waals surface area contributed by atoms with Gasteiger partial charge in [-0.25, -0.2) is 4.39 Å². The lowest BCUT2D eigenvalue weighted by molar-refractivity contribution is 0.0296. The molecular formula is C17H27FN2O. The van der Waals surface area contributed by atoms with Crippen LogP contribution in [-0.4, -0.2) is 31.8 Å². The molecule has 0 amide bonds. The Morgan fingerprint density at radius 2 is 2.19 bits per heavy atom. The van der Waals surface area contributed by atoms with Crippen molar-refractivity contribution in [2.75, 3.05) is 24.6 Å². The summed E-state index contributed by atoms with van der Waals surface area (Å²) in [7, 11) is 0. The van der Waals surface area contributed by atoms with Gasteiger partial charge in [-0.15, -0.1) is 0 Å². The molecule has 2 rings (SSSR count). The molecule has 4 heteroatoms. The molecule has 0 aromatic heterocycles. The lowest BCUT2D eigenvalue weighted by atomic mass is 10.0. The predicted molar refractivity (Wildman–Crippen MR) is 85.3 cm³/mol. The first kappa shape index (κ1) is 16.2. The van der Waals surface area contributed by atoms with Crippen molar-refractivity contribution < 1.29 is 9.13 Å². The largest absolute Gasteiger partial charge is 0.375 e. The number of nitrogens with zero attached hydrogens (tertiary/aromatic N) is 1. The van der Waals surface area contributed by atoms with Gasteiger partial charge >= 0.3 is 0 Å². The summed E-state index contributed by atoms with van der Waals surface area (Å²) in [6.45, 7) is 10.6. The molecule has 1 N–H and O–H groups in total. The summed E-state index contributed by atoms with van der Waals surface area (Å²) in [5.74, 6) is -0.134. The van der Waals surface area contributed by atoms with E-state index < -0.39 is 0 Å². The quantitative estimate of drug-likeness (QED) is 0.899. The number of benzene rings is 1. The minimum atomic E-state index is -0.134. The highest BCUT2D eigenvalue weighted by Crippen LogP contribution is 2.33. The highest BCUT2D eigenvalue weighted by atomic mass is 19.1. The average molecular weight is 294 g/mol. The molecule has 0 aliphatic carbocycles. The van der Waals surface area contributed by atoms with Crippen LogP contribution < -0.4 is 10.2 Å². The van der Waals surface area contributed by atoms with Gasteiger partial charge in [-0.2, -0.15) is 0 Å². The van der Waals surface area contributed by atoms with Crippen molar-refractivity contribution in [3.05, 3.63) is 29.6 Å². The van der Waals surface area contributed by atoms with Crippen molar-refractivity contribution >= 4 is 5.69 Å². The number of rotatable bonds is 5. The van der Waals surface area contributed by atoms with Gasteiger partial charge in [-0.3, -0.25) is 0 Å². The van der Waals surface area contributed by atoms with Gasteiger partial charge in [0.15, 0.2) is 0 Å². The molecule has 0 radical (unpaired) electrons. The number of morpholine rings is 1. The molecule has 1 aliphatic heterocycles. The van der Waals surface area contributed by atoms with E-state index in [0.29, 0.717) is 6.61 Å². The monoisotopic (exact) mass is 294 g/mol. The second kappa shape index (κ2) is 7.23. The summed E-state index contributed by atoms with van der Waals surface area (Å²) in [5, 5.41) is 3.39. The molecule has 21 heavy (non-hydrogen) atoms. The van der Waals surface area contributed by atoms with Gasteiger partial charge in [0.2, 0.25) is 0 Å². The molecule has 0 saturated carbocycles. The van der Waals surface area contributed by atoms with E-state index in [9.17, 15) is 4.39 Å². The Kier molecular flexibility index (Phi) is 5.59. The minimum absolute atomic E-state index is 0.134. The molecule has 1 heterocycles. The number of para-hydroxylation sites is 1. The molecule has 1 saturated heterocycles. The lowest BCUT2D eigenvalue weighted by Crippen LogP contribution is -2.49. The van der Waals surface area contributed by atoms with Gasteiger partial charge in [0.25, 0.3) is 0 Å². The second-order valence-corrected chi connectivity index (χ2v) is 5.82. The van der Waals surface area contributed by atoms with E-state index in [4.69, 9.17) is 4.74 Å². The van der Waals surface area contributed by atoms with Crippen LogP contribution >= 0.6 is 0 Å². The van der Waals surface area contributed by atoms with E-state index in [1.807, 2.05) is 13.0 Å². The van der Waals surface area contributed by atoms with Crippen molar-refractivity contribution in [1.82, 2.24) is 5.32 Å². The lowest BCUT2D eigenvalue weighted by Gasteiger charge is -2.41. The Balaban J connectivity index is 2.40. The fraction of sp³-hybridized carbons (Fsp3) is 0.647. The zero-order valence-corrected chi connectivity index (χ0v) is 13.5. The standard InChI is InChI=1S/C17H27FN2O/c1-5-14-11-21-12(3)10-20(14)17-15(13(4)19-6-2)8-7-9-16(17)18/h7-9,12-14,19H,5-6,10-11H2,1-4H3. The van der Waals surface area contributed by atoms with Crippen molar-refractivity contribution in [2.24, 2.45) is 0 Å². The van der Waals surface area contributed by atoms with Gasteiger partial charge < -0.3 is 15.0 Å². The van der Waals surface area contributed by atoms with Gasteiger partial charge in [0, 0.05) is 12.6 Å². The minimum Gasteiger partial charge on any atom is -0.375 e. The maximum Gasteiger partial charge on any atom is 0.146 e. The molecule has 118 valence electrons. The molecule has 1 fully saturated rings. The normalized spacial score (nSPS) is 24.1. The molecule has 1 aromatic carbocycles. The van der Waals surface area contributed by atoms with Crippen LogP contribution in [0.5, 0.6) is 0 Å². The summed E-state index contributed by atoms with van der Waals surface area (Å²) in [6.07, 6.45) is 1.09. The van der Waals surface area contributed by atoms with Gasteiger partial charge in [0.05, 0.1) is 24.4 Å². The van der Waals surface area contributed by atoms with E-state index >= 15 is 0 Å². The van der Waals surface area contributed by atoms with Crippen LogP contribution in [0.25, 0.3) is 0 Å². The highest BCUT2D eigenvalue weighted by Gasteiger charge is 2.30. The first-order chi connectivity index (χ1) is 10.1. The fourth-order valence-corrected chi connectivity index (χ4v) is 3.06. The van der Waals surface area contributed by atoms with E-state index in [-0.39, 0.29) is 24.0 Å². The summed E-state index contributed by atoms with van der Waals surface area (Å²) in [6, 6.07) is 5.76. The first-order valence-electron chi connectivity index (χ1n) is 7.98. The van der Waals surface area contributed by atoms with Crippen LogP contribution in [0.15, 0.2) is 18.2 Å². The maximum absolute atomic E-state index is 14.6. The Morgan fingerprint density at radius 1 is 1.43 bits per heavy atom. The Hall–Kier alpha value is -1.13. The van der Waals surface area contributed by atoms with Crippen LogP contribution in [0.1, 0.15) is 45.7 Å². The van der Waals surface area contributed by atoms with Gasteiger partial charge in [-0.1, -0.05) is 26.0 Å². The first-order valence-corrected chi connectivity index (χ1v) is 7.98. The van der Waals surface area contributed by atoms with Crippen LogP contribution in [-0.2, 0) is 4.74 Å². The summed E-state index contributed by atoms with van der Waals surface area (Å²) < 4.78 is 20.3. The van der Waals surface area contributed by atoms with Crippen LogP contribution in [0.3, 0.4) is 0 Å². The van der Waals surface area contributed by atoms with Crippen LogP contribution in [0.4, 0.5) is 10.1 Å². The van der Waals surface area contributed by atoms with Crippen molar-refractivity contribution in [1.29, 1.82) is 0 Å². The summed E-state index contributed by atoms with van der Waals surface area (Å²) in [5.41, 5.74) is 1.78. The number of hydrogen-bond acceptors (Lipinski definition) is 3. The predicted octanol–water partition coefficient (Wildman–Crippen LogP) is 3.50. The molecule has 3 unspecified atom stereocenters. The highest BCUT2D eigenvalue weighted by molar-refractivity contribution is 5.57. The number of halogens is 1.